The van der Waals surface area contributed by atoms with Crippen LogP contribution in [0.3, 0.4) is 0 Å². The summed E-state index contributed by atoms with van der Waals surface area (Å²) in [6, 6.07) is 0. The van der Waals surface area contributed by atoms with Gasteiger partial charge in [-0.25, -0.2) is 4.98 Å². The molecule has 3 nitrogen and oxygen atoms in total. The first-order valence-electron chi connectivity index (χ1n) is 5.60. The zero-order valence-electron chi connectivity index (χ0n) is 10.3. The molecule has 0 aliphatic carbocycles. The van der Waals surface area contributed by atoms with Crippen LogP contribution in [-0.4, -0.2) is 29.3 Å². The van der Waals surface area contributed by atoms with Gasteiger partial charge in [-0.15, -0.1) is 11.3 Å². The summed E-state index contributed by atoms with van der Waals surface area (Å²) < 4.78 is 0. The van der Waals surface area contributed by atoms with Crippen molar-refractivity contribution >= 4 is 17.1 Å². The van der Waals surface area contributed by atoms with Crippen molar-refractivity contribution in [1.29, 1.82) is 0 Å². The number of nitrogens with zero attached hydrogens (tertiary/aromatic N) is 2. The van der Waals surface area contributed by atoms with Gasteiger partial charge in [0, 0.05) is 29.8 Å². The van der Waals surface area contributed by atoms with Gasteiger partial charge in [0.25, 0.3) is 0 Å². The summed E-state index contributed by atoms with van der Waals surface area (Å²) in [4.78, 5) is 20.1. The quantitative estimate of drug-likeness (QED) is 0.704. The van der Waals surface area contributed by atoms with Crippen LogP contribution in [0.15, 0.2) is 0 Å². The van der Waals surface area contributed by atoms with Crippen LogP contribution in [0.5, 0.6) is 0 Å². The largest absolute Gasteiger partial charge is 0.301 e. The second-order valence-corrected chi connectivity index (χ2v) is 6.54. The fraction of sp³-hybridized carbons (Fsp3) is 0.667. The third kappa shape index (κ3) is 2.18. The number of likely N-dealkylation sites (N-methyl/N-ethyl adjacent to an activating group) is 1. The minimum atomic E-state index is -0.327. The molecule has 0 saturated heterocycles. The molecule has 1 aromatic rings. The van der Waals surface area contributed by atoms with Crippen LogP contribution in [0.1, 0.15) is 41.1 Å². The molecule has 4 heteroatoms. The van der Waals surface area contributed by atoms with Gasteiger partial charge in [-0.1, -0.05) is 20.8 Å². The lowest BCUT2D eigenvalue weighted by Gasteiger charge is -2.20. The number of hydrogen-bond acceptors (Lipinski definition) is 4. The summed E-state index contributed by atoms with van der Waals surface area (Å²) >= 11 is 1.57. The maximum Gasteiger partial charge on any atom is 0.196 e. The molecule has 0 amide bonds. The molecule has 0 radical (unpaired) electrons. The molecule has 0 aromatic carbocycles. The molecule has 1 aromatic heterocycles. The summed E-state index contributed by atoms with van der Waals surface area (Å²) in [5, 5.41) is 0.688. The molecule has 88 valence electrons. The standard InChI is InChI=1S/C12H18N2OS/c1-12(2,3)10(15)11-13-8-5-6-14(4)7-9(8)16-11/h5-7H2,1-4H3. The number of rotatable bonds is 1. The number of ketones is 1. The number of carbonyl (C=O) groups excluding carboxylic acids is 1. The number of carbonyl (C=O) groups is 1. The van der Waals surface area contributed by atoms with E-state index >= 15 is 0 Å². The van der Waals surface area contributed by atoms with Crippen LogP contribution in [0.25, 0.3) is 0 Å². The second-order valence-electron chi connectivity index (χ2n) is 5.46. The van der Waals surface area contributed by atoms with Gasteiger partial charge in [0.1, 0.15) is 0 Å². The van der Waals surface area contributed by atoms with Crippen LogP contribution < -0.4 is 0 Å². The van der Waals surface area contributed by atoms with E-state index in [0.29, 0.717) is 5.01 Å². The highest BCUT2D eigenvalue weighted by Crippen LogP contribution is 2.29. The Hall–Kier alpha value is -0.740. The second kappa shape index (κ2) is 3.93. The van der Waals surface area contributed by atoms with Gasteiger partial charge in [0.2, 0.25) is 0 Å². The first-order valence-corrected chi connectivity index (χ1v) is 6.41. The van der Waals surface area contributed by atoms with Crippen molar-refractivity contribution < 1.29 is 4.79 Å². The summed E-state index contributed by atoms with van der Waals surface area (Å²) in [6.45, 7) is 7.82. The molecule has 0 unspecified atom stereocenters. The normalized spacial score (nSPS) is 17.2. The van der Waals surface area contributed by atoms with E-state index in [2.05, 4.69) is 16.9 Å². The molecular formula is C12H18N2OS. The maximum absolute atomic E-state index is 12.1. The van der Waals surface area contributed by atoms with E-state index in [0.717, 1.165) is 25.2 Å². The predicted octanol–water partition coefficient (Wildman–Crippen LogP) is 2.36. The summed E-state index contributed by atoms with van der Waals surface area (Å²) in [7, 11) is 2.11. The lowest BCUT2D eigenvalue weighted by molar-refractivity contribution is 0.0857. The van der Waals surface area contributed by atoms with Crippen LogP contribution in [-0.2, 0) is 13.0 Å². The topological polar surface area (TPSA) is 33.2 Å². The van der Waals surface area contributed by atoms with Gasteiger partial charge < -0.3 is 4.90 Å². The molecule has 0 saturated carbocycles. The zero-order chi connectivity index (χ0) is 11.9. The number of aromatic nitrogens is 1. The zero-order valence-corrected chi connectivity index (χ0v) is 11.1. The molecule has 2 rings (SSSR count). The smallest absolute Gasteiger partial charge is 0.196 e. The maximum atomic E-state index is 12.1. The first kappa shape index (κ1) is 11.7. The molecule has 0 N–H and O–H groups in total. The molecule has 1 aliphatic rings. The molecule has 1 aliphatic heterocycles. The minimum Gasteiger partial charge on any atom is -0.301 e. The highest BCUT2D eigenvalue weighted by molar-refractivity contribution is 7.13. The number of Topliss-reactive ketones (excluding diaryl/α,β-unsaturated/α-hetero) is 1. The van der Waals surface area contributed by atoms with E-state index in [1.165, 1.54) is 4.88 Å². The van der Waals surface area contributed by atoms with Gasteiger partial charge in [0.05, 0.1) is 5.69 Å². The monoisotopic (exact) mass is 238 g/mol. The van der Waals surface area contributed by atoms with E-state index in [1.807, 2.05) is 20.8 Å². The van der Waals surface area contributed by atoms with Gasteiger partial charge in [-0.2, -0.15) is 0 Å². The minimum absolute atomic E-state index is 0.162. The average Bonchev–Trinajstić information content (AvgIpc) is 2.57. The molecule has 0 atom stereocenters. The lowest BCUT2D eigenvalue weighted by Crippen LogP contribution is -2.25. The van der Waals surface area contributed by atoms with Gasteiger partial charge >= 0.3 is 0 Å². The van der Waals surface area contributed by atoms with E-state index in [9.17, 15) is 4.79 Å². The van der Waals surface area contributed by atoms with E-state index in [-0.39, 0.29) is 11.2 Å². The molecule has 2 heterocycles. The Labute approximate surface area is 100 Å². The Balaban J connectivity index is 2.29. The van der Waals surface area contributed by atoms with Crippen LogP contribution in [0.4, 0.5) is 0 Å². The third-order valence-corrected chi connectivity index (χ3v) is 3.88. The van der Waals surface area contributed by atoms with Gasteiger partial charge in [-0.3, -0.25) is 4.79 Å². The van der Waals surface area contributed by atoms with Crippen molar-refractivity contribution in [2.45, 2.75) is 33.7 Å². The SMILES string of the molecule is CN1CCc2nc(C(=O)C(C)(C)C)sc2C1. The van der Waals surface area contributed by atoms with Crippen molar-refractivity contribution in [1.82, 2.24) is 9.88 Å². The van der Waals surface area contributed by atoms with Crippen molar-refractivity contribution in [3.8, 4) is 0 Å². The van der Waals surface area contributed by atoms with Crippen molar-refractivity contribution in [3.63, 3.8) is 0 Å². The fourth-order valence-corrected chi connectivity index (χ4v) is 3.08. The predicted molar refractivity (Wildman–Crippen MR) is 65.9 cm³/mol. The lowest BCUT2D eigenvalue weighted by atomic mass is 9.91. The summed E-state index contributed by atoms with van der Waals surface area (Å²) in [5.74, 6) is 0.162. The van der Waals surface area contributed by atoms with Crippen molar-refractivity contribution in [2.75, 3.05) is 13.6 Å². The molecule has 16 heavy (non-hydrogen) atoms. The van der Waals surface area contributed by atoms with E-state index in [1.54, 1.807) is 11.3 Å². The summed E-state index contributed by atoms with van der Waals surface area (Å²) in [6.07, 6.45) is 0.972. The van der Waals surface area contributed by atoms with Crippen LogP contribution in [0, 0.1) is 5.41 Å². The number of thiazole rings is 1. The number of fused-ring (bicyclic) bond motifs is 1. The Bertz CT molecular complexity index is 417. The van der Waals surface area contributed by atoms with Crippen molar-refractivity contribution in [3.05, 3.63) is 15.6 Å². The van der Waals surface area contributed by atoms with E-state index in [4.69, 9.17) is 0 Å². The third-order valence-electron chi connectivity index (χ3n) is 2.80. The Morgan fingerprint density at radius 3 is 2.75 bits per heavy atom. The van der Waals surface area contributed by atoms with Crippen LogP contribution in [0.2, 0.25) is 0 Å². The highest BCUT2D eigenvalue weighted by atomic mass is 32.1. The molecule has 0 spiro atoms. The van der Waals surface area contributed by atoms with E-state index < -0.39 is 0 Å². The Morgan fingerprint density at radius 2 is 2.12 bits per heavy atom. The van der Waals surface area contributed by atoms with Gasteiger partial charge in [-0.05, 0) is 7.05 Å². The first-order chi connectivity index (χ1) is 7.38. The average molecular weight is 238 g/mol. The molecule has 0 bridgehead atoms. The highest BCUT2D eigenvalue weighted by Gasteiger charge is 2.28. The Morgan fingerprint density at radius 1 is 1.44 bits per heavy atom. The van der Waals surface area contributed by atoms with Gasteiger partial charge in [0.15, 0.2) is 10.8 Å². The van der Waals surface area contributed by atoms with Crippen LogP contribution >= 0.6 is 11.3 Å². The molecule has 0 fully saturated rings. The van der Waals surface area contributed by atoms with Crippen molar-refractivity contribution in [2.24, 2.45) is 5.41 Å². The fourth-order valence-electron chi connectivity index (χ4n) is 1.74. The summed E-state index contributed by atoms with van der Waals surface area (Å²) in [5.41, 5.74) is 0.808. The molecular weight excluding hydrogens is 220 g/mol. The Kier molecular flexibility index (Phi) is 2.88. The number of hydrogen-bond donors (Lipinski definition) is 0.